The van der Waals surface area contributed by atoms with Gasteiger partial charge in [0.1, 0.15) is 11.0 Å². The zero-order chi connectivity index (χ0) is 17.4. The molecule has 134 valence electrons. The molecule has 0 bridgehead atoms. The number of aromatic nitrogens is 1. The highest BCUT2D eigenvalue weighted by atomic mass is 35.5. The first-order valence-electron chi connectivity index (χ1n) is 9.03. The summed E-state index contributed by atoms with van der Waals surface area (Å²) in [6.07, 6.45) is 8.32. The Morgan fingerprint density at radius 2 is 1.92 bits per heavy atom. The van der Waals surface area contributed by atoms with Gasteiger partial charge in [0.15, 0.2) is 11.3 Å². The van der Waals surface area contributed by atoms with Crippen LogP contribution in [0.2, 0.25) is 5.15 Å². The zero-order valence-electron chi connectivity index (χ0n) is 14.2. The highest BCUT2D eigenvalue weighted by Gasteiger charge is 2.40. The van der Waals surface area contributed by atoms with E-state index in [0.29, 0.717) is 30.7 Å². The third-order valence-electron chi connectivity index (χ3n) is 5.58. The van der Waals surface area contributed by atoms with Crippen molar-refractivity contribution in [3.05, 3.63) is 10.2 Å². The largest absolute Gasteiger partial charge is 0.307 e. The Bertz CT molecular complexity index is 696. The molecule has 1 aromatic rings. The minimum atomic E-state index is -0.251. The standard InChI is InChI=1S/C17H22ClN5OS/c18-14-17(25-15(20-14)12-4-2-1-3-5-12)23-9-8-22-7-6-21(11-19)10-13(22)16(23)24/h12-13H,1-10H2/t13-/m1/s1. The first-order valence-corrected chi connectivity index (χ1v) is 10.2. The molecule has 1 atom stereocenters. The van der Waals surface area contributed by atoms with Crippen molar-refractivity contribution >= 4 is 33.8 Å². The first-order chi connectivity index (χ1) is 12.2. The predicted molar refractivity (Wildman–Crippen MR) is 97.9 cm³/mol. The summed E-state index contributed by atoms with van der Waals surface area (Å²) >= 11 is 8.01. The van der Waals surface area contributed by atoms with E-state index in [0.717, 1.165) is 23.1 Å². The van der Waals surface area contributed by atoms with E-state index in [4.69, 9.17) is 16.9 Å². The third kappa shape index (κ3) is 3.23. The number of halogens is 1. The molecule has 1 aromatic heterocycles. The lowest BCUT2D eigenvalue weighted by Gasteiger charge is -2.44. The van der Waals surface area contributed by atoms with Gasteiger partial charge >= 0.3 is 0 Å². The lowest BCUT2D eigenvalue weighted by Crippen LogP contribution is -2.64. The molecular formula is C17H22ClN5OS. The van der Waals surface area contributed by atoms with E-state index in [9.17, 15) is 4.79 Å². The van der Waals surface area contributed by atoms with Gasteiger partial charge in [-0.1, -0.05) is 42.2 Å². The van der Waals surface area contributed by atoms with Gasteiger partial charge in [-0.15, -0.1) is 0 Å². The second kappa shape index (κ2) is 7.10. The van der Waals surface area contributed by atoms with E-state index >= 15 is 0 Å². The summed E-state index contributed by atoms with van der Waals surface area (Å²) in [5, 5.41) is 11.5. The molecule has 3 aliphatic rings. The topological polar surface area (TPSA) is 63.5 Å². The van der Waals surface area contributed by atoms with Crippen LogP contribution in [0.15, 0.2) is 0 Å². The van der Waals surface area contributed by atoms with Crippen LogP contribution in [0.3, 0.4) is 0 Å². The maximum absolute atomic E-state index is 13.0. The van der Waals surface area contributed by atoms with Crippen molar-refractivity contribution in [3.63, 3.8) is 0 Å². The number of carbonyl (C=O) groups excluding carboxylic acids is 1. The van der Waals surface area contributed by atoms with Gasteiger partial charge in [-0.25, -0.2) is 4.98 Å². The minimum absolute atomic E-state index is 0.0481. The van der Waals surface area contributed by atoms with E-state index < -0.39 is 0 Å². The van der Waals surface area contributed by atoms with Crippen LogP contribution in [-0.2, 0) is 4.79 Å². The number of anilines is 1. The molecule has 1 aliphatic carbocycles. The Labute approximate surface area is 157 Å². The van der Waals surface area contributed by atoms with Crippen LogP contribution >= 0.6 is 22.9 Å². The molecular weight excluding hydrogens is 358 g/mol. The van der Waals surface area contributed by atoms with Gasteiger partial charge in [-0.3, -0.25) is 14.6 Å². The Hall–Kier alpha value is -1.36. The molecule has 1 amide bonds. The molecule has 2 saturated heterocycles. The monoisotopic (exact) mass is 379 g/mol. The van der Waals surface area contributed by atoms with Gasteiger partial charge in [0, 0.05) is 32.1 Å². The fourth-order valence-corrected chi connectivity index (χ4v) is 5.65. The molecule has 4 rings (SSSR count). The van der Waals surface area contributed by atoms with Crippen molar-refractivity contribution in [1.29, 1.82) is 5.26 Å². The number of piperazine rings is 2. The van der Waals surface area contributed by atoms with E-state index in [-0.39, 0.29) is 11.9 Å². The van der Waals surface area contributed by atoms with E-state index in [2.05, 4.69) is 16.1 Å². The normalized spacial score (nSPS) is 25.8. The number of hydrogen-bond acceptors (Lipinski definition) is 6. The van der Waals surface area contributed by atoms with Gasteiger partial charge in [-0.05, 0) is 12.8 Å². The average Bonchev–Trinajstić information content (AvgIpc) is 3.04. The summed E-state index contributed by atoms with van der Waals surface area (Å²) < 4.78 is 0. The van der Waals surface area contributed by atoms with Crippen molar-refractivity contribution in [2.45, 2.75) is 44.1 Å². The fraction of sp³-hybridized carbons (Fsp3) is 0.706. The molecule has 0 aromatic carbocycles. The second-order valence-electron chi connectivity index (χ2n) is 7.07. The number of nitriles is 1. The Morgan fingerprint density at radius 3 is 2.68 bits per heavy atom. The van der Waals surface area contributed by atoms with Crippen LogP contribution in [0, 0.1) is 11.5 Å². The zero-order valence-corrected chi connectivity index (χ0v) is 15.7. The van der Waals surface area contributed by atoms with E-state index in [1.807, 2.05) is 0 Å². The summed E-state index contributed by atoms with van der Waals surface area (Å²) in [5.74, 6) is 0.539. The molecule has 0 radical (unpaired) electrons. The van der Waals surface area contributed by atoms with Crippen molar-refractivity contribution < 1.29 is 4.79 Å². The summed E-state index contributed by atoms with van der Waals surface area (Å²) in [6, 6.07) is -0.251. The molecule has 1 saturated carbocycles. The molecule has 0 N–H and O–H groups in total. The quantitative estimate of drug-likeness (QED) is 0.739. The summed E-state index contributed by atoms with van der Waals surface area (Å²) in [6.45, 7) is 3.41. The molecule has 0 unspecified atom stereocenters. The number of rotatable bonds is 2. The van der Waals surface area contributed by atoms with Crippen LogP contribution in [0.4, 0.5) is 5.00 Å². The van der Waals surface area contributed by atoms with Gasteiger partial charge in [-0.2, -0.15) is 5.26 Å². The molecule has 3 fully saturated rings. The van der Waals surface area contributed by atoms with E-state index in [1.54, 1.807) is 21.1 Å². The highest BCUT2D eigenvalue weighted by Crippen LogP contribution is 2.41. The highest BCUT2D eigenvalue weighted by molar-refractivity contribution is 7.16. The number of amides is 1. The number of carbonyl (C=O) groups is 1. The van der Waals surface area contributed by atoms with Crippen LogP contribution in [-0.4, -0.2) is 59.5 Å². The first kappa shape index (κ1) is 17.1. The summed E-state index contributed by atoms with van der Waals surface area (Å²) in [7, 11) is 0. The third-order valence-corrected chi connectivity index (χ3v) is 7.20. The van der Waals surface area contributed by atoms with Gasteiger partial charge < -0.3 is 4.90 Å². The van der Waals surface area contributed by atoms with Gasteiger partial charge in [0.05, 0.1) is 11.6 Å². The van der Waals surface area contributed by atoms with E-state index in [1.165, 1.54) is 32.1 Å². The number of fused-ring (bicyclic) bond motifs is 1. The summed E-state index contributed by atoms with van der Waals surface area (Å²) in [5.41, 5.74) is 0. The minimum Gasteiger partial charge on any atom is -0.307 e. The average molecular weight is 380 g/mol. The lowest BCUT2D eigenvalue weighted by atomic mass is 9.90. The van der Waals surface area contributed by atoms with Gasteiger partial charge in [0.2, 0.25) is 5.91 Å². The van der Waals surface area contributed by atoms with Crippen molar-refractivity contribution in [3.8, 4) is 6.19 Å². The van der Waals surface area contributed by atoms with Crippen molar-refractivity contribution in [2.24, 2.45) is 0 Å². The Kier molecular flexibility index (Phi) is 4.85. The fourth-order valence-electron chi connectivity index (χ4n) is 4.13. The maximum atomic E-state index is 13.0. The molecule has 0 spiro atoms. The second-order valence-corrected chi connectivity index (χ2v) is 8.44. The van der Waals surface area contributed by atoms with Crippen molar-refractivity contribution in [1.82, 2.24) is 14.8 Å². The Balaban J connectivity index is 1.54. The molecule has 8 heteroatoms. The van der Waals surface area contributed by atoms with Crippen LogP contribution in [0.25, 0.3) is 0 Å². The van der Waals surface area contributed by atoms with Crippen molar-refractivity contribution in [2.75, 3.05) is 37.6 Å². The summed E-state index contributed by atoms with van der Waals surface area (Å²) in [4.78, 5) is 23.3. The van der Waals surface area contributed by atoms with Crippen LogP contribution < -0.4 is 4.90 Å². The molecule has 3 heterocycles. The lowest BCUT2D eigenvalue weighted by molar-refractivity contribution is -0.127. The van der Waals surface area contributed by atoms with Crippen LogP contribution in [0.1, 0.15) is 43.0 Å². The van der Waals surface area contributed by atoms with Gasteiger partial charge in [0.25, 0.3) is 0 Å². The maximum Gasteiger partial charge on any atom is 0.246 e. The van der Waals surface area contributed by atoms with Crippen LogP contribution in [0.5, 0.6) is 0 Å². The number of thiazole rings is 1. The number of nitrogens with zero attached hydrogens (tertiary/aromatic N) is 5. The SMILES string of the molecule is N#CN1CCN2CCN(c3sc(C4CCCCC4)nc3Cl)C(=O)[C@H]2C1. The molecule has 6 nitrogen and oxygen atoms in total. The number of hydrogen-bond donors (Lipinski definition) is 0. The molecule has 25 heavy (non-hydrogen) atoms. The smallest absolute Gasteiger partial charge is 0.246 e. The molecule has 2 aliphatic heterocycles. The predicted octanol–water partition coefficient (Wildman–Crippen LogP) is 2.66. The Morgan fingerprint density at radius 1 is 1.16 bits per heavy atom.